The van der Waals surface area contributed by atoms with Crippen LogP contribution in [0.25, 0.3) is 0 Å². The molecule has 0 fully saturated rings. The second-order valence-electron chi connectivity index (χ2n) is 5.25. The summed E-state index contributed by atoms with van der Waals surface area (Å²) in [6.45, 7) is 8.61. The molecule has 0 amide bonds. The van der Waals surface area contributed by atoms with E-state index in [1.807, 2.05) is 30.4 Å². The molecular formula is C17H19N3O2. The quantitative estimate of drug-likeness (QED) is 0.758. The highest BCUT2D eigenvalue weighted by atomic mass is 16.5. The van der Waals surface area contributed by atoms with Gasteiger partial charge in [-0.3, -0.25) is 0 Å². The zero-order valence-electron chi connectivity index (χ0n) is 12.4. The molecule has 5 heteroatoms. The number of pyridine rings is 1. The molecule has 2 atom stereocenters. The van der Waals surface area contributed by atoms with Gasteiger partial charge in [-0.25, -0.2) is 15.0 Å². The maximum atomic E-state index is 5.63. The maximum absolute atomic E-state index is 5.63. The molecule has 0 saturated carbocycles. The van der Waals surface area contributed by atoms with Crippen LogP contribution >= 0.6 is 0 Å². The number of rotatable bonds is 6. The van der Waals surface area contributed by atoms with Crippen LogP contribution in [0.3, 0.4) is 0 Å². The molecule has 3 heterocycles. The fourth-order valence-corrected chi connectivity index (χ4v) is 2.41. The van der Waals surface area contributed by atoms with Crippen LogP contribution in [0.15, 0.2) is 53.5 Å². The third-order valence-electron chi connectivity index (χ3n) is 3.49. The number of ether oxygens (including phenoxy) is 2. The van der Waals surface area contributed by atoms with Crippen LogP contribution in [0.5, 0.6) is 0 Å². The number of hydrogen-bond acceptors (Lipinski definition) is 5. The van der Waals surface area contributed by atoms with E-state index in [1.54, 1.807) is 0 Å². The smallest absolute Gasteiger partial charge is 0.235 e. The molecular weight excluding hydrogens is 278 g/mol. The summed E-state index contributed by atoms with van der Waals surface area (Å²) in [5, 5.41) is 0. The minimum atomic E-state index is 0.134. The molecule has 1 aromatic heterocycles. The van der Waals surface area contributed by atoms with Crippen molar-refractivity contribution in [3.05, 3.63) is 54.9 Å². The first kappa shape index (κ1) is 14.5. The fraction of sp³-hybridized carbons (Fsp3) is 0.353. The van der Waals surface area contributed by atoms with E-state index in [1.165, 1.54) is 0 Å². The Morgan fingerprint density at radius 2 is 1.45 bits per heavy atom. The summed E-state index contributed by atoms with van der Waals surface area (Å²) >= 11 is 0. The molecule has 0 aliphatic carbocycles. The third kappa shape index (κ3) is 3.08. The first-order chi connectivity index (χ1) is 10.8. The predicted molar refractivity (Wildman–Crippen MR) is 86.4 cm³/mol. The van der Waals surface area contributed by atoms with Crippen LogP contribution in [-0.2, 0) is 9.47 Å². The SMILES string of the molecule is C=CCC1COC(c2cccc(C3=NC(CC=C)CO3)n2)=N1. The van der Waals surface area contributed by atoms with Crippen LogP contribution in [0, 0.1) is 0 Å². The Kier molecular flexibility index (Phi) is 4.32. The molecule has 3 rings (SSSR count). The van der Waals surface area contributed by atoms with Crippen LogP contribution in [0.1, 0.15) is 24.2 Å². The summed E-state index contributed by atoms with van der Waals surface area (Å²) in [6, 6.07) is 5.95. The van der Waals surface area contributed by atoms with Crippen LogP contribution < -0.4 is 0 Å². The molecule has 22 heavy (non-hydrogen) atoms. The van der Waals surface area contributed by atoms with E-state index in [9.17, 15) is 0 Å². The molecule has 0 N–H and O–H groups in total. The topological polar surface area (TPSA) is 56.1 Å². The number of aromatic nitrogens is 1. The van der Waals surface area contributed by atoms with E-state index in [0.717, 1.165) is 12.8 Å². The van der Waals surface area contributed by atoms with Crippen molar-refractivity contribution < 1.29 is 9.47 Å². The molecule has 2 unspecified atom stereocenters. The lowest BCUT2D eigenvalue weighted by Gasteiger charge is -2.04. The van der Waals surface area contributed by atoms with Gasteiger partial charge < -0.3 is 9.47 Å². The Balaban J connectivity index is 1.79. The van der Waals surface area contributed by atoms with Gasteiger partial charge in [-0.1, -0.05) is 18.2 Å². The normalized spacial score (nSPS) is 23.3. The molecule has 5 nitrogen and oxygen atoms in total. The van der Waals surface area contributed by atoms with Crippen LogP contribution in [0.4, 0.5) is 0 Å². The minimum Gasteiger partial charge on any atom is -0.474 e. The highest BCUT2D eigenvalue weighted by molar-refractivity contribution is 5.97. The molecule has 0 spiro atoms. The molecule has 0 bridgehead atoms. The summed E-state index contributed by atoms with van der Waals surface area (Å²) in [5.74, 6) is 1.16. The van der Waals surface area contributed by atoms with Crippen molar-refractivity contribution in [2.45, 2.75) is 24.9 Å². The number of hydrogen-bond donors (Lipinski definition) is 0. The van der Waals surface area contributed by atoms with Crippen molar-refractivity contribution >= 4 is 11.8 Å². The van der Waals surface area contributed by atoms with Gasteiger partial charge in [0.1, 0.15) is 24.6 Å². The lowest BCUT2D eigenvalue weighted by Crippen LogP contribution is -2.10. The fourth-order valence-electron chi connectivity index (χ4n) is 2.41. The lowest BCUT2D eigenvalue weighted by molar-refractivity contribution is 0.316. The monoisotopic (exact) mass is 297 g/mol. The summed E-state index contributed by atoms with van der Waals surface area (Å²) in [6.07, 6.45) is 5.32. The Morgan fingerprint density at radius 1 is 0.955 bits per heavy atom. The Bertz CT molecular complexity index is 585. The van der Waals surface area contributed by atoms with Crippen molar-refractivity contribution in [3.63, 3.8) is 0 Å². The van der Waals surface area contributed by atoms with Gasteiger partial charge >= 0.3 is 0 Å². The van der Waals surface area contributed by atoms with E-state index in [0.29, 0.717) is 36.4 Å². The van der Waals surface area contributed by atoms with E-state index >= 15 is 0 Å². The van der Waals surface area contributed by atoms with Crippen LogP contribution in [0.2, 0.25) is 0 Å². The molecule has 0 saturated heterocycles. The number of nitrogens with zero attached hydrogens (tertiary/aromatic N) is 3. The maximum Gasteiger partial charge on any atom is 0.235 e. The summed E-state index contributed by atoms with van der Waals surface area (Å²) in [4.78, 5) is 13.6. The van der Waals surface area contributed by atoms with Crippen molar-refractivity contribution in [1.82, 2.24) is 4.98 Å². The van der Waals surface area contributed by atoms with Gasteiger partial charge in [0.05, 0.1) is 12.1 Å². The second-order valence-corrected chi connectivity index (χ2v) is 5.25. The van der Waals surface area contributed by atoms with Gasteiger partial charge in [-0.15, -0.1) is 13.2 Å². The van der Waals surface area contributed by atoms with Gasteiger partial charge in [0, 0.05) is 0 Å². The predicted octanol–water partition coefficient (Wildman–Crippen LogP) is 2.52. The van der Waals surface area contributed by atoms with Gasteiger partial charge in [0.15, 0.2) is 0 Å². The second kappa shape index (κ2) is 6.56. The van der Waals surface area contributed by atoms with Crippen molar-refractivity contribution in [3.8, 4) is 0 Å². The van der Waals surface area contributed by atoms with Crippen molar-refractivity contribution in [2.24, 2.45) is 9.98 Å². The van der Waals surface area contributed by atoms with E-state index in [-0.39, 0.29) is 12.1 Å². The molecule has 2 aliphatic heterocycles. The van der Waals surface area contributed by atoms with Gasteiger partial charge in [-0.2, -0.15) is 0 Å². The average molecular weight is 297 g/mol. The Hall–Kier alpha value is -2.43. The average Bonchev–Trinajstić information content (AvgIpc) is 3.18. The highest BCUT2D eigenvalue weighted by Gasteiger charge is 2.23. The molecule has 114 valence electrons. The zero-order valence-corrected chi connectivity index (χ0v) is 12.4. The van der Waals surface area contributed by atoms with Gasteiger partial charge in [-0.05, 0) is 25.0 Å². The summed E-state index contributed by atoms with van der Waals surface area (Å²) in [5.41, 5.74) is 1.42. The zero-order chi connectivity index (χ0) is 15.4. The van der Waals surface area contributed by atoms with E-state index in [4.69, 9.17) is 9.47 Å². The Labute approximate surface area is 130 Å². The summed E-state index contributed by atoms with van der Waals surface area (Å²) in [7, 11) is 0. The first-order valence-corrected chi connectivity index (χ1v) is 7.41. The van der Waals surface area contributed by atoms with Crippen molar-refractivity contribution in [1.29, 1.82) is 0 Å². The lowest BCUT2D eigenvalue weighted by atomic mass is 10.2. The molecule has 1 aromatic rings. The standard InChI is InChI=1S/C17H19N3O2/c1-3-6-12-10-21-16(18-12)14-8-5-9-15(20-14)17-19-13(7-4-2)11-22-17/h3-5,8-9,12-13H,1-2,6-7,10-11H2. The molecule has 2 aliphatic rings. The molecule has 0 radical (unpaired) electrons. The number of aliphatic imine (C=N–C) groups is 2. The van der Waals surface area contributed by atoms with Crippen molar-refractivity contribution in [2.75, 3.05) is 13.2 Å². The third-order valence-corrected chi connectivity index (χ3v) is 3.49. The minimum absolute atomic E-state index is 0.134. The van der Waals surface area contributed by atoms with Crippen LogP contribution in [-0.4, -0.2) is 42.1 Å². The highest BCUT2D eigenvalue weighted by Crippen LogP contribution is 2.16. The first-order valence-electron chi connectivity index (χ1n) is 7.41. The Morgan fingerprint density at radius 3 is 1.91 bits per heavy atom. The summed E-state index contributed by atoms with van der Waals surface area (Å²) < 4.78 is 11.3. The van der Waals surface area contributed by atoms with E-state index < -0.39 is 0 Å². The van der Waals surface area contributed by atoms with E-state index in [2.05, 4.69) is 28.1 Å². The van der Waals surface area contributed by atoms with Gasteiger partial charge in [0.25, 0.3) is 0 Å². The van der Waals surface area contributed by atoms with Gasteiger partial charge in [0.2, 0.25) is 11.8 Å². The molecule has 0 aromatic carbocycles. The largest absolute Gasteiger partial charge is 0.474 e.